The number of benzene rings is 2. The summed E-state index contributed by atoms with van der Waals surface area (Å²) in [5.74, 6) is -5.26. The molecule has 4 rings (SSSR count). The normalized spacial score (nSPS) is 18.8. The Morgan fingerprint density at radius 1 is 0.909 bits per heavy atom. The maximum Gasteiger partial charge on any atom is 0.433 e. The van der Waals surface area contributed by atoms with Gasteiger partial charge in [-0.2, -0.15) is 13.2 Å². The van der Waals surface area contributed by atoms with Crippen LogP contribution in [0.2, 0.25) is 0 Å². The zero-order valence-corrected chi connectivity index (χ0v) is 17.1. The third kappa shape index (κ3) is 5.04. The first-order valence-electron chi connectivity index (χ1n) is 10.3. The molecule has 33 heavy (non-hydrogen) atoms. The highest BCUT2D eigenvalue weighted by Gasteiger charge is 2.34. The molecule has 2 aromatic carbocycles. The third-order valence-corrected chi connectivity index (χ3v) is 5.67. The predicted octanol–water partition coefficient (Wildman–Crippen LogP) is 5.82. The molecule has 1 amide bonds. The molecule has 1 aromatic heterocycles. The van der Waals surface area contributed by atoms with E-state index in [1.54, 1.807) is 18.2 Å². The van der Waals surface area contributed by atoms with Crippen LogP contribution in [0.4, 0.5) is 32.0 Å². The number of nitrogens with one attached hydrogen (secondary N) is 2. The van der Waals surface area contributed by atoms with Gasteiger partial charge < -0.3 is 10.6 Å². The molecule has 1 aliphatic rings. The van der Waals surface area contributed by atoms with Crippen molar-refractivity contribution in [3.8, 4) is 0 Å². The summed E-state index contributed by atoms with van der Waals surface area (Å²) < 4.78 is 79.6. The second-order valence-corrected chi connectivity index (χ2v) is 7.99. The minimum absolute atomic E-state index is 0.134. The summed E-state index contributed by atoms with van der Waals surface area (Å²) in [5.41, 5.74) is -0.745. The number of hydrogen-bond acceptors (Lipinski definition) is 3. The van der Waals surface area contributed by atoms with Crippen LogP contribution in [0.15, 0.2) is 42.5 Å². The van der Waals surface area contributed by atoms with Crippen LogP contribution >= 0.6 is 0 Å². The minimum Gasteiger partial charge on any atom is -0.382 e. The number of nitrogens with zero attached hydrogens (tertiary/aromatic N) is 1. The van der Waals surface area contributed by atoms with Gasteiger partial charge in [-0.15, -0.1) is 0 Å². The zero-order valence-electron chi connectivity index (χ0n) is 17.1. The molecule has 1 fully saturated rings. The number of carbonyl (C=O) groups excluding carboxylic acids is 1. The Balaban J connectivity index is 1.42. The molecule has 0 saturated heterocycles. The van der Waals surface area contributed by atoms with Gasteiger partial charge in [-0.05, 0) is 49.9 Å². The van der Waals surface area contributed by atoms with E-state index in [1.165, 1.54) is 6.07 Å². The first-order chi connectivity index (χ1) is 15.6. The van der Waals surface area contributed by atoms with Gasteiger partial charge in [0.05, 0.1) is 5.52 Å². The summed E-state index contributed by atoms with van der Waals surface area (Å²) in [6.45, 7) is 0. The van der Waals surface area contributed by atoms with Gasteiger partial charge in [0.1, 0.15) is 5.69 Å². The molecule has 0 unspecified atom stereocenters. The van der Waals surface area contributed by atoms with Gasteiger partial charge in [-0.25, -0.2) is 18.2 Å². The average molecular weight is 467 g/mol. The topological polar surface area (TPSA) is 54.0 Å². The van der Waals surface area contributed by atoms with Crippen molar-refractivity contribution in [2.24, 2.45) is 0 Å². The number of fused-ring (bicyclic) bond motifs is 1. The number of alkyl halides is 3. The molecule has 0 radical (unpaired) electrons. The summed E-state index contributed by atoms with van der Waals surface area (Å²) in [6.07, 6.45) is -2.47. The Hall–Kier alpha value is -3.30. The SMILES string of the molecule is O=C(N[C@H]1CC[C@@H](Nc2cc(C(F)(F)F)nc3ccccc23)CC1)c1cc(F)c(F)c(F)c1. The zero-order chi connectivity index (χ0) is 23.8. The lowest BCUT2D eigenvalue weighted by Gasteiger charge is -2.30. The third-order valence-electron chi connectivity index (χ3n) is 5.67. The quantitative estimate of drug-likeness (QED) is 0.375. The van der Waals surface area contributed by atoms with Crippen molar-refractivity contribution in [1.29, 1.82) is 0 Å². The molecule has 0 spiro atoms. The van der Waals surface area contributed by atoms with Crippen molar-refractivity contribution < 1.29 is 31.1 Å². The minimum atomic E-state index is -4.58. The summed E-state index contributed by atoms with van der Waals surface area (Å²) in [5, 5.41) is 6.41. The lowest BCUT2D eigenvalue weighted by Crippen LogP contribution is -2.40. The van der Waals surface area contributed by atoms with Crippen molar-refractivity contribution in [2.75, 3.05) is 5.32 Å². The first kappa shape index (κ1) is 22.9. The molecule has 2 N–H and O–H groups in total. The fraction of sp³-hybridized carbons (Fsp3) is 0.304. The lowest BCUT2D eigenvalue weighted by molar-refractivity contribution is -0.140. The maximum atomic E-state index is 13.4. The first-order valence-corrected chi connectivity index (χ1v) is 10.3. The average Bonchev–Trinajstić information content (AvgIpc) is 2.77. The van der Waals surface area contributed by atoms with E-state index in [4.69, 9.17) is 0 Å². The Labute approximate surface area is 185 Å². The Morgan fingerprint density at radius 2 is 1.52 bits per heavy atom. The Kier molecular flexibility index (Phi) is 6.18. The van der Waals surface area contributed by atoms with Gasteiger partial charge in [0, 0.05) is 28.7 Å². The van der Waals surface area contributed by atoms with E-state index in [1.807, 2.05) is 0 Å². The number of anilines is 1. The van der Waals surface area contributed by atoms with Crippen LogP contribution in [0.25, 0.3) is 10.9 Å². The summed E-state index contributed by atoms with van der Waals surface area (Å²) >= 11 is 0. The second-order valence-electron chi connectivity index (χ2n) is 7.99. The molecule has 0 atom stereocenters. The van der Waals surface area contributed by atoms with Gasteiger partial charge in [0.15, 0.2) is 17.5 Å². The number of aromatic nitrogens is 1. The number of rotatable bonds is 4. The maximum absolute atomic E-state index is 13.4. The van der Waals surface area contributed by atoms with Crippen molar-refractivity contribution in [3.63, 3.8) is 0 Å². The van der Waals surface area contributed by atoms with Crippen LogP contribution in [0.5, 0.6) is 0 Å². The Morgan fingerprint density at radius 3 is 2.15 bits per heavy atom. The van der Waals surface area contributed by atoms with Gasteiger partial charge in [-0.3, -0.25) is 4.79 Å². The monoisotopic (exact) mass is 467 g/mol. The summed E-state index contributed by atoms with van der Waals surface area (Å²) in [7, 11) is 0. The van der Waals surface area contributed by atoms with E-state index in [9.17, 15) is 31.1 Å². The smallest absolute Gasteiger partial charge is 0.382 e. The van der Waals surface area contributed by atoms with E-state index in [0.717, 1.165) is 6.07 Å². The van der Waals surface area contributed by atoms with Crippen LogP contribution in [-0.2, 0) is 6.18 Å². The van der Waals surface area contributed by atoms with E-state index in [2.05, 4.69) is 15.6 Å². The highest BCUT2D eigenvalue weighted by Crippen LogP contribution is 2.34. The molecule has 174 valence electrons. The lowest BCUT2D eigenvalue weighted by atomic mass is 9.90. The van der Waals surface area contributed by atoms with Crippen molar-refractivity contribution in [3.05, 3.63) is 71.2 Å². The van der Waals surface area contributed by atoms with E-state index in [-0.39, 0.29) is 23.2 Å². The summed E-state index contributed by atoms with van der Waals surface area (Å²) in [4.78, 5) is 16.0. The standard InChI is InChI=1S/C23H19F6N3O/c24-16-9-12(10-17(25)21(16)26)22(33)31-14-7-5-13(6-8-14)30-19-11-20(23(27,28)29)32-18-4-2-1-3-15(18)19/h1-4,9-11,13-14H,5-8H2,(H,30,32)(H,31,33)/t13-,14+. The number of carbonyl (C=O) groups is 1. The van der Waals surface area contributed by atoms with E-state index in [0.29, 0.717) is 48.9 Å². The molecule has 4 nitrogen and oxygen atoms in total. The largest absolute Gasteiger partial charge is 0.433 e. The molecular formula is C23H19F6N3O. The fourth-order valence-electron chi connectivity index (χ4n) is 4.00. The highest BCUT2D eigenvalue weighted by atomic mass is 19.4. The number of amides is 1. The van der Waals surface area contributed by atoms with Crippen molar-refractivity contribution >= 4 is 22.5 Å². The molecular weight excluding hydrogens is 448 g/mol. The summed E-state index contributed by atoms with van der Waals surface area (Å²) in [6, 6.07) is 8.38. The van der Waals surface area contributed by atoms with Gasteiger partial charge >= 0.3 is 6.18 Å². The molecule has 0 bridgehead atoms. The predicted molar refractivity (Wildman–Crippen MR) is 110 cm³/mol. The molecule has 1 heterocycles. The van der Waals surface area contributed by atoms with Gasteiger partial charge in [0.2, 0.25) is 0 Å². The van der Waals surface area contributed by atoms with Crippen LogP contribution < -0.4 is 10.6 Å². The number of para-hydroxylation sites is 1. The van der Waals surface area contributed by atoms with Crippen LogP contribution in [0.1, 0.15) is 41.7 Å². The fourth-order valence-corrected chi connectivity index (χ4v) is 4.00. The number of halogens is 6. The van der Waals surface area contributed by atoms with Gasteiger partial charge in [0.25, 0.3) is 5.91 Å². The van der Waals surface area contributed by atoms with Crippen molar-refractivity contribution in [1.82, 2.24) is 10.3 Å². The molecule has 0 aliphatic heterocycles. The van der Waals surface area contributed by atoms with Crippen molar-refractivity contribution in [2.45, 2.75) is 43.9 Å². The van der Waals surface area contributed by atoms with Crippen LogP contribution in [0.3, 0.4) is 0 Å². The molecule has 1 aliphatic carbocycles. The molecule has 10 heteroatoms. The van der Waals surface area contributed by atoms with E-state index >= 15 is 0 Å². The molecule has 3 aromatic rings. The van der Waals surface area contributed by atoms with Crippen LogP contribution in [-0.4, -0.2) is 23.0 Å². The Bertz CT molecular complexity index is 1170. The highest BCUT2D eigenvalue weighted by molar-refractivity contribution is 5.94. The van der Waals surface area contributed by atoms with E-state index < -0.39 is 35.2 Å². The van der Waals surface area contributed by atoms with Gasteiger partial charge in [-0.1, -0.05) is 18.2 Å². The number of pyridine rings is 1. The second kappa shape index (κ2) is 8.92. The van der Waals surface area contributed by atoms with Crippen LogP contribution in [0, 0.1) is 17.5 Å². The molecule has 1 saturated carbocycles. The number of hydrogen-bond donors (Lipinski definition) is 2.